The fourth-order valence-electron chi connectivity index (χ4n) is 1.45. The lowest BCUT2D eigenvalue weighted by Gasteiger charge is -2.07. The Bertz CT molecular complexity index is 647. The summed E-state index contributed by atoms with van der Waals surface area (Å²) in [7, 11) is 0. The van der Waals surface area contributed by atoms with E-state index in [4.69, 9.17) is 5.11 Å². The molecule has 2 aromatic carbocycles. The van der Waals surface area contributed by atoms with Crippen LogP contribution in [0, 0.1) is 11.6 Å². The van der Waals surface area contributed by atoms with Crippen LogP contribution in [-0.4, -0.2) is 11.0 Å². The van der Waals surface area contributed by atoms with Gasteiger partial charge in [0.05, 0.1) is 5.56 Å². The van der Waals surface area contributed by atoms with Gasteiger partial charge in [0, 0.05) is 16.2 Å². The number of hydrogen-bond acceptors (Lipinski definition) is 2. The maximum atomic E-state index is 13.1. The molecular weight excluding hydrogens is 320 g/mol. The van der Waals surface area contributed by atoms with Crippen LogP contribution in [0.25, 0.3) is 0 Å². The third-order valence-corrected chi connectivity index (χ3v) is 3.07. The molecule has 0 heterocycles. The zero-order valence-corrected chi connectivity index (χ0v) is 11.0. The predicted octanol–water partition coefficient (Wildman–Crippen LogP) is 3.69. The number of phenols is 1. The van der Waals surface area contributed by atoms with E-state index in [9.17, 15) is 13.6 Å². The Hall–Kier alpha value is -1.95. The lowest BCUT2D eigenvalue weighted by Crippen LogP contribution is -2.13. The van der Waals surface area contributed by atoms with Gasteiger partial charge in [-0.1, -0.05) is 0 Å². The van der Waals surface area contributed by atoms with Crippen molar-refractivity contribution in [1.82, 2.24) is 0 Å². The van der Waals surface area contributed by atoms with Gasteiger partial charge < -0.3 is 10.4 Å². The first-order chi connectivity index (χ1) is 8.97. The van der Waals surface area contributed by atoms with Crippen LogP contribution < -0.4 is 5.32 Å². The zero-order chi connectivity index (χ0) is 14.0. The van der Waals surface area contributed by atoms with Gasteiger partial charge in [-0.3, -0.25) is 4.79 Å². The van der Waals surface area contributed by atoms with Gasteiger partial charge >= 0.3 is 0 Å². The van der Waals surface area contributed by atoms with Gasteiger partial charge in [0.2, 0.25) is 0 Å². The maximum Gasteiger partial charge on any atom is 0.256 e. The van der Waals surface area contributed by atoms with Crippen molar-refractivity contribution in [1.29, 1.82) is 0 Å². The molecule has 0 aliphatic heterocycles. The van der Waals surface area contributed by atoms with E-state index >= 15 is 0 Å². The van der Waals surface area contributed by atoms with Crippen LogP contribution in [-0.2, 0) is 0 Å². The van der Waals surface area contributed by atoms with Gasteiger partial charge in [-0.25, -0.2) is 8.78 Å². The second-order valence-corrected chi connectivity index (χ2v) is 4.60. The Kier molecular flexibility index (Phi) is 3.80. The van der Waals surface area contributed by atoms with Crippen molar-refractivity contribution in [3.05, 3.63) is 58.1 Å². The highest BCUT2D eigenvalue weighted by atomic mass is 79.9. The van der Waals surface area contributed by atoms with E-state index in [1.165, 1.54) is 18.2 Å². The Labute approximate surface area is 116 Å². The molecular formula is C13H8BrF2NO2. The average molecular weight is 328 g/mol. The highest BCUT2D eigenvalue weighted by molar-refractivity contribution is 9.10. The highest BCUT2D eigenvalue weighted by Crippen LogP contribution is 2.22. The van der Waals surface area contributed by atoms with Gasteiger partial charge in [0.15, 0.2) is 11.6 Å². The molecule has 0 aliphatic rings. The molecule has 0 aliphatic carbocycles. The summed E-state index contributed by atoms with van der Waals surface area (Å²) in [4.78, 5) is 11.9. The topological polar surface area (TPSA) is 49.3 Å². The monoisotopic (exact) mass is 327 g/mol. The predicted molar refractivity (Wildman–Crippen MR) is 70.1 cm³/mol. The number of carbonyl (C=O) groups is 1. The number of amides is 1. The molecule has 2 N–H and O–H groups in total. The van der Waals surface area contributed by atoms with Crippen molar-refractivity contribution in [2.24, 2.45) is 0 Å². The molecule has 2 rings (SSSR count). The summed E-state index contributed by atoms with van der Waals surface area (Å²) in [5.41, 5.74) is 0.255. The summed E-state index contributed by atoms with van der Waals surface area (Å²) >= 11 is 3.13. The second kappa shape index (κ2) is 5.36. The van der Waals surface area contributed by atoms with E-state index in [1.54, 1.807) is 0 Å². The molecule has 0 atom stereocenters. The molecule has 0 bridgehead atoms. The first-order valence-corrected chi connectivity index (χ1v) is 6.01. The average Bonchev–Trinajstić information content (AvgIpc) is 2.36. The van der Waals surface area contributed by atoms with Crippen LogP contribution in [0.1, 0.15) is 10.4 Å². The molecule has 98 valence electrons. The van der Waals surface area contributed by atoms with Gasteiger partial charge in [0.1, 0.15) is 5.82 Å². The highest BCUT2D eigenvalue weighted by Gasteiger charge is 2.12. The quantitative estimate of drug-likeness (QED) is 0.826. The largest absolute Gasteiger partial charge is 0.505 e. The van der Waals surface area contributed by atoms with E-state index in [-0.39, 0.29) is 11.3 Å². The van der Waals surface area contributed by atoms with Crippen molar-refractivity contribution in [2.45, 2.75) is 0 Å². The summed E-state index contributed by atoms with van der Waals surface area (Å²) in [6, 6.07) is 7.11. The number of anilines is 1. The van der Waals surface area contributed by atoms with E-state index in [0.29, 0.717) is 4.47 Å². The molecule has 0 saturated heterocycles. The summed E-state index contributed by atoms with van der Waals surface area (Å²) in [5.74, 6) is -2.50. The standard InChI is InChI=1S/C13H8BrF2NO2/c14-10-3-1-7(15)5-9(10)13(19)17-8-2-4-12(18)11(16)6-8/h1-6,18H,(H,17,19). The lowest BCUT2D eigenvalue weighted by atomic mass is 10.2. The minimum absolute atomic E-state index is 0.0912. The number of carbonyl (C=O) groups excluding carboxylic acids is 1. The van der Waals surface area contributed by atoms with Gasteiger partial charge in [-0.2, -0.15) is 0 Å². The Morgan fingerprint density at radius 2 is 1.89 bits per heavy atom. The minimum Gasteiger partial charge on any atom is -0.505 e. The van der Waals surface area contributed by atoms with E-state index in [0.717, 1.165) is 18.2 Å². The Morgan fingerprint density at radius 3 is 2.58 bits per heavy atom. The van der Waals surface area contributed by atoms with Crippen LogP contribution in [0.3, 0.4) is 0 Å². The summed E-state index contributed by atoms with van der Waals surface area (Å²) in [5, 5.41) is 11.4. The first-order valence-electron chi connectivity index (χ1n) is 5.22. The van der Waals surface area contributed by atoms with Crippen molar-refractivity contribution >= 4 is 27.5 Å². The molecule has 0 radical (unpaired) electrons. The van der Waals surface area contributed by atoms with Crippen molar-refractivity contribution in [2.75, 3.05) is 5.32 Å². The van der Waals surface area contributed by atoms with E-state index < -0.39 is 23.3 Å². The maximum absolute atomic E-state index is 13.1. The van der Waals surface area contributed by atoms with Crippen LogP contribution in [0.5, 0.6) is 5.75 Å². The summed E-state index contributed by atoms with van der Waals surface area (Å²) < 4.78 is 26.6. The normalized spacial score (nSPS) is 10.3. The number of nitrogens with one attached hydrogen (secondary N) is 1. The third-order valence-electron chi connectivity index (χ3n) is 2.38. The second-order valence-electron chi connectivity index (χ2n) is 3.74. The fraction of sp³-hybridized carbons (Fsp3) is 0. The summed E-state index contributed by atoms with van der Waals surface area (Å²) in [6.45, 7) is 0. The third kappa shape index (κ3) is 3.08. The smallest absolute Gasteiger partial charge is 0.256 e. The summed E-state index contributed by atoms with van der Waals surface area (Å²) in [6.07, 6.45) is 0. The molecule has 2 aromatic rings. The molecule has 0 saturated carbocycles. The molecule has 0 unspecified atom stereocenters. The molecule has 1 amide bonds. The molecule has 19 heavy (non-hydrogen) atoms. The van der Waals surface area contributed by atoms with Gasteiger partial charge in [-0.15, -0.1) is 0 Å². The molecule has 0 aromatic heterocycles. The number of phenolic OH excluding ortho intramolecular Hbond substituents is 1. The molecule has 0 spiro atoms. The van der Waals surface area contributed by atoms with Crippen molar-refractivity contribution < 1.29 is 18.7 Å². The van der Waals surface area contributed by atoms with Gasteiger partial charge in [-0.05, 0) is 46.3 Å². The van der Waals surface area contributed by atoms with E-state index in [2.05, 4.69) is 21.2 Å². The number of aromatic hydroxyl groups is 1. The van der Waals surface area contributed by atoms with Crippen LogP contribution in [0.2, 0.25) is 0 Å². The molecule has 6 heteroatoms. The molecule has 3 nitrogen and oxygen atoms in total. The zero-order valence-electron chi connectivity index (χ0n) is 9.45. The molecule has 0 fully saturated rings. The van der Waals surface area contributed by atoms with Crippen molar-refractivity contribution in [3.63, 3.8) is 0 Å². The Balaban J connectivity index is 2.25. The number of benzene rings is 2. The van der Waals surface area contributed by atoms with E-state index in [1.807, 2.05) is 0 Å². The van der Waals surface area contributed by atoms with Crippen LogP contribution >= 0.6 is 15.9 Å². The fourth-order valence-corrected chi connectivity index (χ4v) is 1.88. The number of rotatable bonds is 2. The van der Waals surface area contributed by atoms with Gasteiger partial charge in [0.25, 0.3) is 5.91 Å². The van der Waals surface area contributed by atoms with Crippen LogP contribution in [0.4, 0.5) is 14.5 Å². The first kappa shape index (κ1) is 13.5. The van der Waals surface area contributed by atoms with Crippen molar-refractivity contribution in [3.8, 4) is 5.75 Å². The number of hydrogen-bond donors (Lipinski definition) is 2. The lowest BCUT2D eigenvalue weighted by molar-refractivity contribution is 0.102. The number of halogens is 3. The SMILES string of the molecule is O=C(Nc1ccc(O)c(F)c1)c1cc(F)ccc1Br. The van der Waals surface area contributed by atoms with Crippen LogP contribution in [0.15, 0.2) is 40.9 Å². The Morgan fingerprint density at radius 1 is 1.16 bits per heavy atom. The minimum atomic E-state index is -0.851.